The summed E-state index contributed by atoms with van der Waals surface area (Å²) in [6.07, 6.45) is 7.16. The van der Waals surface area contributed by atoms with Gasteiger partial charge >= 0.3 is 0 Å². The lowest BCUT2D eigenvalue weighted by Gasteiger charge is -2.05. The molecule has 1 unspecified atom stereocenters. The molecule has 0 aromatic heterocycles. The van der Waals surface area contributed by atoms with Crippen molar-refractivity contribution in [1.29, 1.82) is 0 Å². The standard InChI is InChI=1S/C7H16NP/c1-2-3-5-9-6-4-8-7-9/h8H,2-7H2,1H3. The summed E-state index contributed by atoms with van der Waals surface area (Å²) in [7, 11) is 0.438. The molecule has 9 heavy (non-hydrogen) atoms. The van der Waals surface area contributed by atoms with Gasteiger partial charge in [0.1, 0.15) is 0 Å². The SMILES string of the molecule is CCCCP1CCNC1. The van der Waals surface area contributed by atoms with E-state index in [1.807, 2.05) is 0 Å². The van der Waals surface area contributed by atoms with Crippen molar-refractivity contribution >= 4 is 7.92 Å². The van der Waals surface area contributed by atoms with Crippen molar-refractivity contribution in [2.75, 3.05) is 25.2 Å². The van der Waals surface area contributed by atoms with Crippen molar-refractivity contribution in [3.8, 4) is 0 Å². The summed E-state index contributed by atoms with van der Waals surface area (Å²) in [4.78, 5) is 0. The molecule has 1 N–H and O–H groups in total. The first kappa shape index (κ1) is 7.50. The first-order valence-electron chi connectivity index (χ1n) is 3.86. The molecule has 0 aromatic carbocycles. The fourth-order valence-corrected chi connectivity index (χ4v) is 3.38. The van der Waals surface area contributed by atoms with Crippen LogP contribution in [0.2, 0.25) is 0 Å². The lowest BCUT2D eigenvalue weighted by molar-refractivity contribution is 0.880. The molecule has 0 aliphatic carbocycles. The van der Waals surface area contributed by atoms with Gasteiger partial charge in [-0.05, 0) is 25.3 Å². The number of hydrogen-bond acceptors (Lipinski definition) is 1. The van der Waals surface area contributed by atoms with E-state index < -0.39 is 0 Å². The molecule has 1 rings (SSSR count). The van der Waals surface area contributed by atoms with Crippen LogP contribution in [0.15, 0.2) is 0 Å². The van der Waals surface area contributed by atoms with Crippen LogP contribution in [0.5, 0.6) is 0 Å². The third-order valence-corrected chi connectivity index (χ3v) is 4.24. The predicted molar refractivity (Wildman–Crippen MR) is 44.4 cm³/mol. The molecular formula is C7H16NP. The van der Waals surface area contributed by atoms with Gasteiger partial charge < -0.3 is 5.32 Å². The summed E-state index contributed by atoms with van der Waals surface area (Å²) in [5.41, 5.74) is 0. The monoisotopic (exact) mass is 145 g/mol. The maximum atomic E-state index is 3.41. The normalized spacial score (nSPS) is 27.0. The maximum Gasteiger partial charge on any atom is 0.0156 e. The molecule has 1 aliphatic heterocycles. The van der Waals surface area contributed by atoms with E-state index in [0.29, 0.717) is 7.92 Å². The van der Waals surface area contributed by atoms with Crippen LogP contribution < -0.4 is 5.32 Å². The topological polar surface area (TPSA) is 12.0 Å². The van der Waals surface area contributed by atoms with Crippen LogP contribution in [-0.4, -0.2) is 25.2 Å². The van der Waals surface area contributed by atoms with E-state index in [4.69, 9.17) is 0 Å². The van der Waals surface area contributed by atoms with Gasteiger partial charge in [0.2, 0.25) is 0 Å². The van der Waals surface area contributed by atoms with Crippen LogP contribution in [0.3, 0.4) is 0 Å². The summed E-state index contributed by atoms with van der Waals surface area (Å²) >= 11 is 0. The second-order valence-electron chi connectivity index (χ2n) is 2.63. The van der Waals surface area contributed by atoms with Gasteiger partial charge in [-0.15, -0.1) is 0 Å². The number of rotatable bonds is 3. The highest BCUT2D eigenvalue weighted by Crippen LogP contribution is 2.37. The average molecular weight is 145 g/mol. The molecular weight excluding hydrogens is 129 g/mol. The lowest BCUT2D eigenvalue weighted by atomic mass is 10.4. The molecule has 1 atom stereocenters. The van der Waals surface area contributed by atoms with Crippen LogP contribution in [0.1, 0.15) is 19.8 Å². The molecule has 0 bridgehead atoms. The minimum atomic E-state index is 0.438. The minimum Gasteiger partial charge on any atom is -0.313 e. The molecule has 0 radical (unpaired) electrons. The summed E-state index contributed by atoms with van der Waals surface area (Å²) in [5, 5.41) is 3.41. The van der Waals surface area contributed by atoms with E-state index in [1.165, 1.54) is 38.0 Å². The van der Waals surface area contributed by atoms with Crippen LogP contribution in [-0.2, 0) is 0 Å². The summed E-state index contributed by atoms with van der Waals surface area (Å²) in [6.45, 7) is 3.56. The van der Waals surface area contributed by atoms with Crippen LogP contribution in [0, 0.1) is 0 Å². The average Bonchev–Trinajstić information content (AvgIpc) is 2.34. The number of nitrogens with one attached hydrogen (secondary N) is 1. The zero-order chi connectivity index (χ0) is 6.53. The van der Waals surface area contributed by atoms with Gasteiger partial charge in [-0.3, -0.25) is 0 Å². The third kappa shape index (κ3) is 2.64. The summed E-state index contributed by atoms with van der Waals surface area (Å²) < 4.78 is 0. The van der Waals surface area contributed by atoms with E-state index >= 15 is 0 Å². The third-order valence-electron chi connectivity index (χ3n) is 1.77. The highest BCUT2D eigenvalue weighted by molar-refractivity contribution is 7.57. The number of hydrogen-bond donors (Lipinski definition) is 1. The van der Waals surface area contributed by atoms with Crippen molar-refractivity contribution < 1.29 is 0 Å². The van der Waals surface area contributed by atoms with Crippen molar-refractivity contribution in [3.63, 3.8) is 0 Å². The van der Waals surface area contributed by atoms with E-state index in [0.717, 1.165) is 0 Å². The van der Waals surface area contributed by atoms with Crippen LogP contribution in [0.25, 0.3) is 0 Å². The van der Waals surface area contributed by atoms with Gasteiger partial charge in [0.25, 0.3) is 0 Å². The maximum absolute atomic E-state index is 3.41. The molecule has 1 saturated heterocycles. The molecule has 2 heteroatoms. The summed E-state index contributed by atoms with van der Waals surface area (Å²) in [5.74, 6) is 0. The smallest absolute Gasteiger partial charge is 0.0156 e. The molecule has 0 saturated carbocycles. The Morgan fingerprint density at radius 1 is 1.56 bits per heavy atom. The van der Waals surface area contributed by atoms with Crippen molar-refractivity contribution in [1.82, 2.24) is 5.32 Å². The Labute approximate surface area is 59.0 Å². The van der Waals surface area contributed by atoms with Crippen molar-refractivity contribution in [2.24, 2.45) is 0 Å². The van der Waals surface area contributed by atoms with Crippen molar-refractivity contribution in [3.05, 3.63) is 0 Å². The van der Waals surface area contributed by atoms with Gasteiger partial charge in [0, 0.05) is 6.29 Å². The Balaban J connectivity index is 1.98. The molecule has 54 valence electrons. The van der Waals surface area contributed by atoms with Gasteiger partial charge in [-0.25, -0.2) is 0 Å². The quantitative estimate of drug-likeness (QED) is 0.597. The molecule has 1 nitrogen and oxygen atoms in total. The molecule has 1 fully saturated rings. The van der Waals surface area contributed by atoms with Crippen LogP contribution >= 0.6 is 7.92 Å². The van der Waals surface area contributed by atoms with Crippen LogP contribution in [0.4, 0.5) is 0 Å². The molecule has 1 heterocycles. The molecule has 0 spiro atoms. The van der Waals surface area contributed by atoms with Gasteiger partial charge in [-0.2, -0.15) is 0 Å². The summed E-state index contributed by atoms with van der Waals surface area (Å²) in [6, 6.07) is 0. The fourth-order valence-electron chi connectivity index (χ4n) is 1.13. The Morgan fingerprint density at radius 2 is 2.44 bits per heavy atom. The Kier molecular flexibility index (Phi) is 3.54. The van der Waals surface area contributed by atoms with E-state index in [2.05, 4.69) is 12.2 Å². The Hall–Kier alpha value is 0.390. The van der Waals surface area contributed by atoms with E-state index in [1.54, 1.807) is 0 Å². The first-order chi connectivity index (χ1) is 4.43. The van der Waals surface area contributed by atoms with Gasteiger partial charge in [-0.1, -0.05) is 21.3 Å². The first-order valence-corrected chi connectivity index (χ1v) is 5.76. The van der Waals surface area contributed by atoms with Gasteiger partial charge in [0.05, 0.1) is 0 Å². The lowest BCUT2D eigenvalue weighted by Crippen LogP contribution is -2.04. The van der Waals surface area contributed by atoms with E-state index in [9.17, 15) is 0 Å². The largest absolute Gasteiger partial charge is 0.313 e. The highest BCUT2D eigenvalue weighted by atomic mass is 31.1. The van der Waals surface area contributed by atoms with Crippen molar-refractivity contribution in [2.45, 2.75) is 19.8 Å². The predicted octanol–water partition coefficient (Wildman–Crippen LogP) is 1.83. The fraction of sp³-hybridized carbons (Fsp3) is 1.00. The Morgan fingerprint density at radius 3 is 3.00 bits per heavy atom. The second-order valence-corrected chi connectivity index (χ2v) is 5.18. The molecule has 1 aliphatic rings. The number of unbranched alkanes of at least 4 members (excludes halogenated alkanes) is 1. The highest BCUT2D eigenvalue weighted by Gasteiger charge is 2.11. The zero-order valence-corrected chi connectivity index (χ0v) is 7.08. The van der Waals surface area contributed by atoms with E-state index in [-0.39, 0.29) is 0 Å². The Bertz CT molecular complexity index is 69.3. The molecule has 0 amide bonds. The second kappa shape index (κ2) is 4.24. The zero-order valence-electron chi connectivity index (χ0n) is 6.19. The minimum absolute atomic E-state index is 0.438. The van der Waals surface area contributed by atoms with Gasteiger partial charge in [0.15, 0.2) is 0 Å². The molecule has 0 aromatic rings.